The molecule has 2 rings (SSSR count). The largest absolute Gasteiger partial charge is 0.481 e. The zero-order chi connectivity index (χ0) is 12.3. The molecule has 0 aromatic heterocycles. The summed E-state index contributed by atoms with van der Waals surface area (Å²) in [6.07, 6.45) is 0.325. The van der Waals surface area contributed by atoms with E-state index in [2.05, 4.69) is 11.5 Å². The molecule has 1 fully saturated rings. The van der Waals surface area contributed by atoms with Crippen LogP contribution in [-0.2, 0) is 9.63 Å². The number of benzene rings is 1. The van der Waals surface area contributed by atoms with Crippen LogP contribution in [0.15, 0.2) is 24.3 Å². The summed E-state index contributed by atoms with van der Waals surface area (Å²) in [5.74, 6) is -0.864. The lowest BCUT2D eigenvalue weighted by Crippen LogP contribution is -2.14. The average molecular weight is 232 g/mol. The number of nitrogens with zero attached hydrogens (tertiary/aromatic N) is 1. The van der Waals surface area contributed by atoms with Crippen LogP contribution in [0, 0.1) is 11.3 Å². The second-order valence-electron chi connectivity index (χ2n) is 3.98. The minimum atomic E-state index is -0.864. The molecule has 2 N–H and O–H groups in total. The van der Waals surface area contributed by atoms with Crippen molar-refractivity contribution in [3.63, 3.8) is 0 Å². The lowest BCUT2D eigenvalue weighted by Gasteiger charge is -2.07. The summed E-state index contributed by atoms with van der Waals surface area (Å²) < 4.78 is 0. The lowest BCUT2D eigenvalue weighted by molar-refractivity contribution is -0.140. The molecule has 0 aliphatic carbocycles. The van der Waals surface area contributed by atoms with Gasteiger partial charge in [-0.3, -0.25) is 9.63 Å². The van der Waals surface area contributed by atoms with E-state index in [4.69, 9.17) is 15.2 Å². The first-order chi connectivity index (χ1) is 8.19. The van der Waals surface area contributed by atoms with Crippen molar-refractivity contribution in [3.05, 3.63) is 35.4 Å². The maximum Gasteiger partial charge on any atom is 0.306 e. The third kappa shape index (κ3) is 2.81. The molecule has 1 aliphatic rings. The molecule has 1 saturated heterocycles. The Morgan fingerprint density at radius 1 is 1.53 bits per heavy atom. The van der Waals surface area contributed by atoms with Crippen molar-refractivity contribution in [2.75, 3.05) is 0 Å². The fraction of sp³-hybridized carbons (Fsp3) is 0.333. The van der Waals surface area contributed by atoms with Crippen molar-refractivity contribution in [1.29, 1.82) is 5.26 Å². The molecule has 0 bridgehead atoms. The van der Waals surface area contributed by atoms with Crippen molar-refractivity contribution < 1.29 is 14.7 Å². The van der Waals surface area contributed by atoms with Gasteiger partial charge in [0.05, 0.1) is 30.2 Å². The van der Waals surface area contributed by atoms with Crippen LogP contribution in [-0.4, -0.2) is 17.2 Å². The second kappa shape index (κ2) is 4.95. The van der Waals surface area contributed by atoms with E-state index in [9.17, 15) is 4.79 Å². The molecule has 1 heterocycles. The van der Waals surface area contributed by atoms with Gasteiger partial charge in [-0.2, -0.15) is 10.7 Å². The number of nitrogens with one attached hydrogen (secondary N) is 1. The molecule has 2 atom stereocenters. The predicted octanol–water partition coefficient (Wildman–Crippen LogP) is 1.37. The van der Waals surface area contributed by atoms with E-state index < -0.39 is 5.97 Å². The van der Waals surface area contributed by atoms with Crippen LogP contribution in [0.3, 0.4) is 0 Å². The smallest absolute Gasteiger partial charge is 0.306 e. The molecule has 0 amide bonds. The van der Waals surface area contributed by atoms with E-state index in [1.165, 1.54) is 0 Å². The molecule has 1 aliphatic heterocycles. The molecule has 1 aromatic carbocycles. The third-order valence-electron chi connectivity index (χ3n) is 2.72. The van der Waals surface area contributed by atoms with Gasteiger partial charge in [-0.05, 0) is 24.1 Å². The highest BCUT2D eigenvalue weighted by Gasteiger charge is 2.28. The summed E-state index contributed by atoms with van der Waals surface area (Å²) in [7, 11) is 0. The number of carboxylic acids is 1. The van der Waals surface area contributed by atoms with Crippen molar-refractivity contribution in [1.82, 2.24) is 5.48 Å². The molecular formula is C12H12N2O3. The number of hydroxylamine groups is 1. The number of hydrogen-bond donors (Lipinski definition) is 2. The predicted molar refractivity (Wildman–Crippen MR) is 58.8 cm³/mol. The molecular weight excluding hydrogens is 220 g/mol. The lowest BCUT2D eigenvalue weighted by atomic mass is 10.0. The topological polar surface area (TPSA) is 82.4 Å². The first-order valence-corrected chi connectivity index (χ1v) is 5.32. The summed E-state index contributed by atoms with van der Waals surface area (Å²) in [5.41, 5.74) is 4.42. The summed E-state index contributed by atoms with van der Waals surface area (Å²) in [4.78, 5) is 15.7. The standard InChI is InChI=1S/C12H12N2O3/c13-7-8-1-3-9(4-2-8)11-5-10(17-14-11)6-12(15)16/h1-4,10-11,14H,5-6H2,(H,15,16)/t10-,11+/m1/s1. The van der Waals surface area contributed by atoms with Gasteiger partial charge in [-0.1, -0.05) is 12.1 Å². The number of carboxylic acid groups (broad SMARTS) is 1. The summed E-state index contributed by atoms with van der Waals surface area (Å²) >= 11 is 0. The fourth-order valence-electron chi connectivity index (χ4n) is 1.85. The summed E-state index contributed by atoms with van der Waals surface area (Å²) in [6.45, 7) is 0. The van der Waals surface area contributed by atoms with E-state index in [1.54, 1.807) is 12.1 Å². The Hall–Kier alpha value is -1.90. The maximum atomic E-state index is 10.5. The van der Waals surface area contributed by atoms with Crippen LogP contribution in [0.2, 0.25) is 0 Å². The molecule has 0 spiro atoms. The van der Waals surface area contributed by atoms with Gasteiger partial charge in [0.25, 0.3) is 0 Å². The van der Waals surface area contributed by atoms with Crippen LogP contribution >= 0.6 is 0 Å². The van der Waals surface area contributed by atoms with Crippen molar-refractivity contribution in [2.24, 2.45) is 0 Å². The van der Waals surface area contributed by atoms with E-state index in [1.807, 2.05) is 12.1 Å². The van der Waals surface area contributed by atoms with Gasteiger partial charge in [0.1, 0.15) is 0 Å². The van der Waals surface area contributed by atoms with Gasteiger partial charge < -0.3 is 5.11 Å². The van der Waals surface area contributed by atoms with Gasteiger partial charge in [0, 0.05) is 0 Å². The molecule has 17 heavy (non-hydrogen) atoms. The highest BCUT2D eigenvalue weighted by Crippen LogP contribution is 2.26. The quantitative estimate of drug-likeness (QED) is 0.822. The summed E-state index contributed by atoms with van der Waals surface area (Å²) in [5, 5.41) is 17.3. The van der Waals surface area contributed by atoms with Gasteiger partial charge in [0.15, 0.2) is 0 Å². The van der Waals surface area contributed by atoms with Crippen molar-refractivity contribution in [2.45, 2.75) is 25.0 Å². The Morgan fingerprint density at radius 2 is 2.24 bits per heavy atom. The van der Waals surface area contributed by atoms with E-state index in [0.717, 1.165) is 5.56 Å². The maximum absolute atomic E-state index is 10.5. The van der Waals surface area contributed by atoms with Crippen LogP contribution in [0.5, 0.6) is 0 Å². The number of hydrogen-bond acceptors (Lipinski definition) is 4. The number of aliphatic carboxylic acids is 1. The zero-order valence-electron chi connectivity index (χ0n) is 9.09. The molecule has 1 aromatic rings. The summed E-state index contributed by atoms with van der Waals surface area (Å²) in [6, 6.07) is 9.22. The molecule has 0 radical (unpaired) electrons. The Labute approximate surface area is 98.6 Å². The average Bonchev–Trinajstić information content (AvgIpc) is 2.77. The SMILES string of the molecule is N#Cc1ccc([C@@H]2C[C@H](CC(=O)O)ON2)cc1. The first kappa shape index (κ1) is 11.6. The van der Waals surface area contributed by atoms with Gasteiger partial charge in [-0.25, -0.2) is 0 Å². The minimum absolute atomic E-state index is 0.000219. The van der Waals surface area contributed by atoms with E-state index >= 15 is 0 Å². The minimum Gasteiger partial charge on any atom is -0.481 e. The number of rotatable bonds is 3. The highest BCUT2D eigenvalue weighted by atomic mass is 16.7. The van der Waals surface area contributed by atoms with Crippen LogP contribution in [0.4, 0.5) is 0 Å². The Bertz CT molecular complexity index is 450. The van der Waals surface area contributed by atoms with Gasteiger partial charge in [0.2, 0.25) is 0 Å². The van der Waals surface area contributed by atoms with Crippen LogP contribution < -0.4 is 5.48 Å². The molecule has 5 nitrogen and oxygen atoms in total. The fourth-order valence-corrected chi connectivity index (χ4v) is 1.85. The zero-order valence-corrected chi connectivity index (χ0v) is 9.09. The Balaban J connectivity index is 2.00. The van der Waals surface area contributed by atoms with Gasteiger partial charge >= 0.3 is 5.97 Å². The monoisotopic (exact) mass is 232 g/mol. The van der Waals surface area contributed by atoms with Gasteiger partial charge in [-0.15, -0.1) is 0 Å². The van der Waals surface area contributed by atoms with E-state index in [-0.39, 0.29) is 18.6 Å². The van der Waals surface area contributed by atoms with Crippen LogP contribution in [0.25, 0.3) is 0 Å². The molecule has 0 saturated carbocycles. The number of carbonyl (C=O) groups is 1. The molecule has 88 valence electrons. The second-order valence-corrected chi connectivity index (χ2v) is 3.98. The third-order valence-corrected chi connectivity index (χ3v) is 2.72. The van der Waals surface area contributed by atoms with Crippen molar-refractivity contribution in [3.8, 4) is 6.07 Å². The highest BCUT2D eigenvalue weighted by molar-refractivity contribution is 5.67. The first-order valence-electron chi connectivity index (χ1n) is 5.32. The van der Waals surface area contributed by atoms with Crippen LogP contribution in [0.1, 0.15) is 30.0 Å². The van der Waals surface area contributed by atoms with E-state index in [0.29, 0.717) is 12.0 Å². The van der Waals surface area contributed by atoms with Crippen molar-refractivity contribution >= 4 is 5.97 Å². The normalized spacial score (nSPS) is 23.2. The molecule has 0 unspecified atom stereocenters. The number of nitriles is 1. The Kier molecular flexibility index (Phi) is 3.38. The molecule has 5 heteroatoms. The Morgan fingerprint density at radius 3 is 2.82 bits per heavy atom.